The van der Waals surface area contributed by atoms with Crippen LogP contribution in [0.25, 0.3) is 11.2 Å². The molecule has 10 heteroatoms. The molecule has 2 aromatic rings. The van der Waals surface area contributed by atoms with Crippen molar-refractivity contribution in [3.8, 4) is 0 Å². The second kappa shape index (κ2) is 6.77. The van der Waals surface area contributed by atoms with Crippen LogP contribution < -0.4 is 5.32 Å². The molecule has 0 bridgehead atoms. The molecule has 0 unspecified atom stereocenters. The van der Waals surface area contributed by atoms with Gasteiger partial charge in [0.1, 0.15) is 18.2 Å². The van der Waals surface area contributed by atoms with Gasteiger partial charge in [-0.05, 0) is 0 Å². The van der Waals surface area contributed by atoms with Crippen molar-refractivity contribution in [1.82, 2.24) is 19.5 Å². The van der Waals surface area contributed by atoms with Crippen molar-refractivity contribution in [2.75, 3.05) is 24.8 Å². The Kier molecular flexibility index (Phi) is 5.03. The van der Waals surface area contributed by atoms with E-state index in [2.05, 4.69) is 26.8 Å². The SMILES string of the molecule is C=CCNc1ncnc2c1ncn2CCOCP(=O)(O)O. The van der Waals surface area contributed by atoms with Crippen LogP contribution in [0.4, 0.5) is 5.82 Å². The molecule has 0 amide bonds. The van der Waals surface area contributed by atoms with Crippen LogP contribution in [-0.2, 0) is 15.8 Å². The zero-order chi connectivity index (χ0) is 15.3. The second-order valence-corrected chi connectivity index (χ2v) is 5.79. The number of aromatic nitrogens is 4. The van der Waals surface area contributed by atoms with Gasteiger partial charge in [-0.3, -0.25) is 4.57 Å². The van der Waals surface area contributed by atoms with E-state index >= 15 is 0 Å². The molecule has 0 aliphatic rings. The topological polar surface area (TPSA) is 122 Å². The Balaban J connectivity index is 2.04. The first kappa shape index (κ1) is 15.6. The average molecular weight is 313 g/mol. The van der Waals surface area contributed by atoms with Gasteiger partial charge in [-0.25, -0.2) is 15.0 Å². The number of anilines is 1. The predicted molar refractivity (Wildman–Crippen MR) is 76.9 cm³/mol. The van der Waals surface area contributed by atoms with Crippen molar-refractivity contribution in [1.29, 1.82) is 0 Å². The standard InChI is InChI=1S/C11H16N5O4P/c1-2-3-12-10-9-11(14-6-13-10)16(7-15-9)4-5-20-8-21(17,18)19/h2,6-7H,1,3-5,8H2,(H,12,13,14)(H2,17,18,19). The van der Waals surface area contributed by atoms with Crippen LogP contribution in [0.5, 0.6) is 0 Å². The monoisotopic (exact) mass is 313 g/mol. The van der Waals surface area contributed by atoms with Gasteiger partial charge >= 0.3 is 7.60 Å². The number of rotatable bonds is 8. The maximum absolute atomic E-state index is 10.7. The molecule has 0 fully saturated rings. The molecule has 0 atom stereocenters. The summed E-state index contributed by atoms with van der Waals surface area (Å²) in [7, 11) is -4.13. The van der Waals surface area contributed by atoms with E-state index in [9.17, 15) is 4.57 Å². The van der Waals surface area contributed by atoms with Gasteiger partial charge in [-0.2, -0.15) is 0 Å². The third-order valence-corrected chi connectivity index (χ3v) is 3.07. The van der Waals surface area contributed by atoms with Gasteiger partial charge in [0.05, 0.1) is 12.9 Å². The van der Waals surface area contributed by atoms with Crippen molar-refractivity contribution in [2.45, 2.75) is 6.54 Å². The van der Waals surface area contributed by atoms with E-state index in [0.29, 0.717) is 30.1 Å². The number of nitrogens with one attached hydrogen (secondary N) is 1. The molecule has 21 heavy (non-hydrogen) atoms. The van der Waals surface area contributed by atoms with Gasteiger partial charge in [0.2, 0.25) is 0 Å². The summed E-state index contributed by atoms with van der Waals surface area (Å²) in [5.41, 5.74) is 1.24. The van der Waals surface area contributed by atoms with Crippen molar-refractivity contribution < 1.29 is 19.1 Å². The fraction of sp³-hybridized carbons (Fsp3) is 0.364. The van der Waals surface area contributed by atoms with Crippen LogP contribution in [0.3, 0.4) is 0 Å². The van der Waals surface area contributed by atoms with Gasteiger partial charge in [0.15, 0.2) is 11.5 Å². The van der Waals surface area contributed by atoms with Gasteiger partial charge in [0, 0.05) is 13.1 Å². The smallest absolute Gasteiger partial charge is 0.350 e. The lowest BCUT2D eigenvalue weighted by Gasteiger charge is -2.07. The molecule has 0 spiro atoms. The molecule has 2 aromatic heterocycles. The van der Waals surface area contributed by atoms with Crippen LogP contribution in [-0.4, -0.2) is 48.8 Å². The summed E-state index contributed by atoms with van der Waals surface area (Å²) in [4.78, 5) is 29.9. The zero-order valence-corrected chi connectivity index (χ0v) is 12.1. The van der Waals surface area contributed by atoms with E-state index in [0.717, 1.165) is 0 Å². The van der Waals surface area contributed by atoms with Crippen molar-refractivity contribution in [3.63, 3.8) is 0 Å². The molecule has 0 aromatic carbocycles. The van der Waals surface area contributed by atoms with E-state index in [1.807, 2.05) is 0 Å². The molecular formula is C11H16N5O4P. The minimum Gasteiger partial charge on any atom is -0.367 e. The molecule has 0 saturated carbocycles. The minimum absolute atomic E-state index is 0.149. The maximum Gasteiger partial charge on any atom is 0.350 e. The average Bonchev–Trinajstić information content (AvgIpc) is 2.84. The summed E-state index contributed by atoms with van der Waals surface area (Å²) >= 11 is 0. The van der Waals surface area contributed by atoms with Crippen LogP contribution in [0, 0.1) is 0 Å². The fourth-order valence-electron chi connectivity index (χ4n) is 1.69. The fourth-order valence-corrected chi connectivity index (χ4v) is 2.06. The maximum atomic E-state index is 10.7. The molecular weight excluding hydrogens is 297 g/mol. The van der Waals surface area contributed by atoms with Gasteiger partial charge < -0.3 is 24.4 Å². The Bertz CT molecular complexity index is 668. The molecule has 3 N–H and O–H groups in total. The lowest BCUT2D eigenvalue weighted by molar-refractivity contribution is 0.149. The highest BCUT2D eigenvalue weighted by atomic mass is 31.2. The summed E-state index contributed by atoms with van der Waals surface area (Å²) in [6.45, 7) is 4.71. The van der Waals surface area contributed by atoms with Gasteiger partial charge in [0.25, 0.3) is 0 Å². The summed E-state index contributed by atoms with van der Waals surface area (Å²) in [5, 5.41) is 3.06. The first-order valence-electron chi connectivity index (χ1n) is 6.14. The van der Waals surface area contributed by atoms with Crippen molar-refractivity contribution >= 4 is 24.6 Å². The van der Waals surface area contributed by atoms with E-state index in [1.165, 1.54) is 6.33 Å². The van der Waals surface area contributed by atoms with Gasteiger partial charge in [-0.1, -0.05) is 6.08 Å². The Labute approximate surface area is 120 Å². The van der Waals surface area contributed by atoms with Crippen molar-refractivity contribution in [2.24, 2.45) is 0 Å². The predicted octanol–water partition coefficient (Wildman–Crippen LogP) is 0.576. The van der Waals surface area contributed by atoms with Crippen LogP contribution in [0.15, 0.2) is 25.3 Å². The van der Waals surface area contributed by atoms with E-state index < -0.39 is 13.9 Å². The molecule has 0 aliphatic heterocycles. The molecule has 0 aliphatic carbocycles. The first-order chi connectivity index (χ1) is 10.0. The minimum atomic E-state index is -4.13. The van der Waals surface area contributed by atoms with E-state index in [-0.39, 0.29) is 6.61 Å². The third-order valence-electron chi connectivity index (χ3n) is 2.55. The molecule has 2 rings (SSSR count). The highest BCUT2D eigenvalue weighted by molar-refractivity contribution is 7.51. The Morgan fingerprint density at radius 3 is 2.95 bits per heavy atom. The Morgan fingerprint density at radius 2 is 2.24 bits per heavy atom. The molecule has 114 valence electrons. The number of imidazole rings is 1. The summed E-state index contributed by atoms with van der Waals surface area (Å²) in [6.07, 6.45) is 4.11. The number of fused-ring (bicyclic) bond motifs is 1. The zero-order valence-electron chi connectivity index (χ0n) is 11.2. The number of ether oxygens (including phenoxy) is 1. The summed E-state index contributed by atoms with van der Waals surface area (Å²) < 4.78 is 17.3. The van der Waals surface area contributed by atoms with E-state index in [1.54, 1.807) is 17.0 Å². The van der Waals surface area contributed by atoms with Crippen LogP contribution >= 0.6 is 7.60 Å². The lowest BCUT2D eigenvalue weighted by Crippen LogP contribution is -2.07. The second-order valence-electron chi connectivity index (χ2n) is 4.20. The lowest BCUT2D eigenvalue weighted by atomic mass is 10.4. The first-order valence-corrected chi connectivity index (χ1v) is 7.94. The largest absolute Gasteiger partial charge is 0.367 e. The third kappa shape index (κ3) is 4.33. The summed E-state index contributed by atoms with van der Waals surface area (Å²) in [5.74, 6) is 0.606. The number of hydrogen-bond donors (Lipinski definition) is 3. The van der Waals surface area contributed by atoms with E-state index in [4.69, 9.17) is 14.5 Å². The van der Waals surface area contributed by atoms with Crippen molar-refractivity contribution in [3.05, 3.63) is 25.3 Å². The number of hydrogen-bond acceptors (Lipinski definition) is 6. The Hall–Kier alpha value is -1.80. The molecule has 0 radical (unpaired) electrons. The highest BCUT2D eigenvalue weighted by Gasteiger charge is 2.13. The molecule has 9 nitrogen and oxygen atoms in total. The molecule has 0 saturated heterocycles. The highest BCUT2D eigenvalue weighted by Crippen LogP contribution is 2.33. The normalized spacial score (nSPS) is 11.7. The van der Waals surface area contributed by atoms with Crippen LogP contribution in [0.2, 0.25) is 0 Å². The van der Waals surface area contributed by atoms with Crippen LogP contribution in [0.1, 0.15) is 0 Å². The Morgan fingerprint density at radius 1 is 1.43 bits per heavy atom. The van der Waals surface area contributed by atoms with Gasteiger partial charge in [-0.15, -0.1) is 6.58 Å². The summed E-state index contributed by atoms with van der Waals surface area (Å²) in [6, 6.07) is 0. The number of nitrogens with zero attached hydrogens (tertiary/aromatic N) is 4. The molecule has 2 heterocycles. The quantitative estimate of drug-likeness (QED) is 0.367.